The summed E-state index contributed by atoms with van der Waals surface area (Å²) in [5, 5.41) is 0. The van der Waals surface area contributed by atoms with Gasteiger partial charge >= 0.3 is 0 Å². The lowest BCUT2D eigenvalue weighted by Crippen LogP contribution is -2.11. The van der Waals surface area contributed by atoms with Crippen LogP contribution in [0.1, 0.15) is 12.5 Å². The van der Waals surface area contributed by atoms with Gasteiger partial charge in [-0.3, -0.25) is 4.79 Å². The third-order valence-corrected chi connectivity index (χ3v) is 3.30. The number of ether oxygens (including phenoxy) is 1. The molecule has 1 aromatic rings. The Hall–Kier alpha value is -2.07. The van der Waals surface area contributed by atoms with Crippen molar-refractivity contribution in [3.63, 3.8) is 0 Å². The second-order valence-corrected chi connectivity index (χ2v) is 5.22. The number of hydrogen-bond acceptors (Lipinski definition) is 2. The van der Waals surface area contributed by atoms with E-state index >= 15 is 0 Å². The van der Waals surface area contributed by atoms with Gasteiger partial charge in [-0.15, -0.1) is 0 Å². The maximum absolute atomic E-state index is 11.2. The maximum Gasteiger partial charge on any atom is 0.244 e. The predicted molar refractivity (Wildman–Crippen MR) is 90.4 cm³/mol. The first-order chi connectivity index (χ1) is 9.97. The molecular formula is C17H18BrNO2. The van der Waals surface area contributed by atoms with Gasteiger partial charge in [0.15, 0.2) is 0 Å². The quantitative estimate of drug-likeness (QED) is 0.480. The molecule has 1 aromatic carbocycles. The van der Waals surface area contributed by atoms with Crippen LogP contribution < -0.4 is 5.73 Å². The Morgan fingerprint density at radius 2 is 1.95 bits per heavy atom. The first-order valence-corrected chi connectivity index (χ1v) is 7.09. The standard InChI is InChI=1S/C17H18BrNO2/c1-4-16(21-3)14(11-12(2)17(19)20)8-5-13-6-9-15(18)10-7-13/h4-11H,1H2,2-3H3,(H2,19,20)/b8-5+,12-11+,16-14+. The summed E-state index contributed by atoms with van der Waals surface area (Å²) in [6.45, 7) is 5.36. The van der Waals surface area contributed by atoms with Crippen molar-refractivity contribution >= 4 is 27.9 Å². The average Bonchev–Trinajstić information content (AvgIpc) is 2.47. The van der Waals surface area contributed by atoms with Gasteiger partial charge in [-0.2, -0.15) is 0 Å². The Morgan fingerprint density at radius 3 is 2.43 bits per heavy atom. The molecular weight excluding hydrogens is 330 g/mol. The minimum Gasteiger partial charge on any atom is -0.496 e. The number of nitrogens with two attached hydrogens (primary N) is 1. The number of primary amides is 1. The number of hydrogen-bond donors (Lipinski definition) is 1. The lowest BCUT2D eigenvalue weighted by Gasteiger charge is -2.05. The Morgan fingerprint density at radius 1 is 1.33 bits per heavy atom. The van der Waals surface area contributed by atoms with Gasteiger partial charge in [0.1, 0.15) is 5.76 Å². The van der Waals surface area contributed by atoms with Crippen LogP contribution in [0.25, 0.3) is 6.08 Å². The molecule has 4 heteroatoms. The third-order valence-electron chi connectivity index (χ3n) is 2.78. The number of carbonyl (C=O) groups excluding carboxylic acids is 1. The molecule has 0 atom stereocenters. The summed E-state index contributed by atoms with van der Waals surface area (Å²) in [5.41, 5.74) is 7.47. The summed E-state index contributed by atoms with van der Waals surface area (Å²) < 4.78 is 6.27. The van der Waals surface area contributed by atoms with Gasteiger partial charge in [0.2, 0.25) is 5.91 Å². The topological polar surface area (TPSA) is 52.3 Å². The number of halogens is 1. The number of allylic oxidation sites excluding steroid dienone is 4. The van der Waals surface area contributed by atoms with E-state index in [1.54, 1.807) is 26.2 Å². The molecule has 0 heterocycles. The monoisotopic (exact) mass is 347 g/mol. The number of rotatable bonds is 6. The number of benzene rings is 1. The molecule has 2 N–H and O–H groups in total. The van der Waals surface area contributed by atoms with Crippen molar-refractivity contribution in [3.05, 3.63) is 76.0 Å². The highest BCUT2D eigenvalue weighted by Gasteiger charge is 2.03. The molecule has 0 aliphatic heterocycles. The van der Waals surface area contributed by atoms with Gasteiger partial charge in [0.05, 0.1) is 7.11 Å². The SMILES string of the molecule is C=C/C(OC)=C(/C=C/c1ccc(Br)cc1)\C=C(/C)C(N)=O. The van der Waals surface area contributed by atoms with Crippen molar-refractivity contribution in [3.8, 4) is 0 Å². The zero-order chi connectivity index (χ0) is 15.8. The third kappa shape index (κ3) is 5.44. The van der Waals surface area contributed by atoms with E-state index in [2.05, 4.69) is 22.5 Å². The van der Waals surface area contributed by atoms with Crippen molar-refractivity contribution in [1.29, 1.82) is 0 Å². The second kappa shape index (κ2) is 8.27. The summed E-state index contributed by atoms with van der Waals surface area (Å²) in [6.07, 6.45) is 7.05. The highest BCUT2D eigenvalue weighted by Crippen LogP contribution is 2.16. The largest absolute Gasteiger partial charge is 0.496 e. The lowest BCUT2D eigenvalue weighted by molar-refractivity contribution is -0.114. The molecule has 0 bridgehead atoms. The molecule has 21 heavy (non-hydrogen) atoms. The van der Waals surface area contributed by atoms with Crippen LogP contribution in [0.4, 0.5) is 0 Å². The highest BCUT2D eigenvalue weighted by atomic mass is 79.9. The van der Waals surface area contributed by atoms with Gasteiger partial charge in [-0.25, -0.2) is 0 Å². The fraction of sp³-hybridized carbons (Fsp3) is 0.118. The van der Waals surface area contributed by atoms with Gasteiger partial charge in [0, 0.05) is 15.6 Å². The Kier molecular flexibility index (Phi) is 6.69. The zero-order valence-electron chi connectivity index (χ0n) is 12.1. The molecule has 0 saturated heterocycles. The van der Waals surface area contributed by atoms with Crippen LogP contribution in [0.5, 0.6) is 0 Å². The summed E-state index contributed by atoms with van der Waals surface area (Å²) in [4.78, 5) is 11.2. The fourth-order valence-electron chi connectivity index (χ4n) is 1.58. The molecule has 1 amide bonds. The Labute approximate surface area is 133 Å². The van der Waals surface area contributed by atoms with E-state index in [9.17, 15) is 4.79 Å². The van der Waals surface area contributed by atoms with Crippen LogP contribution in [0.2, 0.25) is 0 Å². The molecule has 0 saturated carbocycles. The first kappa shape index (κ1) is 17.0. The van der Waals surface area contributed by atoms with E-state index < -0.39 is 5.91 Å². The van der Waals surface area contributed by atoms with Gasteiger partial charge in [-0.05, 0) is 36.8 Å². The van der Waals surface area contributed by atoms with Crippen LogP contribution in [-0.4, -0.2) is 13.0 Å². The summed E-state index contributed by atoms with van der Waals surface area (Å²) >= 11 is 3.39. The molecule has 1 rings (SSSR count). The number of carbonyl (C=O) groups is 1. The Bertz CT molecular complexity index is 610. The molecule has 3 nitrogen and oxygen atoms in total. The van der Waals surface area contributed by atoms with Crippen LogP contribution in [0.15, 0.2) is 70.5 Å². The smallest absolute Gasteiger partial charge is 0.244 e. The minimum atomic E-state index is -0.468. The molecule has 0 radical (unpaired) electrons. The van der Waals surface area contributed by atoms with Gasteiger partial charge in [0.25, 0.3) is 0 Å². The van der Waals surface area contributed by atoms with Crippen molar-refractivity contribution in [2.45, 2.75) is 6.92 Å². The summed E-state index contributed by atoms with van der Waals surface area (Å²) in [6, 6.07) is 7.86. The summed E-state index contributed by atoms with van der Waals surface area (Å²) in [5.74, 6) is 0.105. The molecule has 0 fully saturated rings. The molecule has 0 aliphatic rings. The van der Waals surface area contributed by atoms with E-state index in [4.69, 9.17) is 10.5 Å². The van der Waals surface area contributed by atoms with Crippen LogP contribution in [-0.2, 0) is 9.53 Å². The number of amides is 1. The normalized spacial score (nSPS) is 13.0. The van der Waals surface area contributed by atoms with E-state index in [1.807, 2.05) is 36.4 Å². The highest BCUT2D eigenvalue weighted by molar-refractivity contribution is 9.10. The molecule has 110 valence electrons. The average molecular weight is 348 g/mol. The van der Waals surface area contributed by atoms with E-state index in [-0.39, 0.29) is 0 Å². The van der Waals surface area contributed by atoms with Crippen LogP contribution in [0, 0.1) is 0 Å². The second-order valence-electron chi connectivity index (χ2n) is 4.30. The van der Waals surface area contributed by atoms with Crippen LogP contribution in [0.3, 0.4) is 0 Å². The van der Waals surface area contributed by atoms with Gasteiger partial charge in [-0.1, -0.05) is 46.8 Å². The lowest BCUT2D eigenvalue weighted by atomic mass is 10.1. The van der Waals surface area contributed by atoms with Crippen LogP contribution >= 0.6 is 15.9 Å². The van der Waals surface area contributed by atoms with E-state index in [1.165, 1.54) is 0 Å². The van der Waals surface area contributed by atoms with Crippen molar-refractivity contribution < 1.29 is 9.53 Å². The predicted octanol–water partition coefficient (Wildman–Crippen LogP) is 3.98. The molecule has 0 aliphatic carbocycles. The fourth-order valence-corrected chi connectivity index (χ4v) is 1.85. The van der Waals surface area contributed by atoms with Gasteiger partial charge < -0.3 is 10.5 Å². The number of methoxy groups -OCH3 is 1. The maximum atomic E-state index is 11.2. The Balaban J connectivity index is 3.17. The minimum absolute atomic E-state index is 0.446. The summed E-state index contributed by atoms with van der Waals surface area (Å²) in [7, 11) is 1.55. The zero-order valence-corrected chi connectivity index (χ0v) is 13.7. The molecule has 0 aromatic heterocycles. The van der Waals surface area contributed by atoms with E-state index in [0.29, 0.717) is 11.3 Å². The molecule has 0 spiro atoms. The van der Waals surface area contributed by atoms with Crippen molar-refractivity contribution in [2.75, 3.05) is 7.11 Å². The molecule has 0 unspecified atom stereocenters. The van der Waals surface area contributed by atoms with E-state index in [0.717, 1.165) is 15.6 Å². The first-order valence-electron chi connectivity index (χ1n) is 6.30. The van der Waals surface area contributed by atoms with Crippen molar-refractivity contribution in [1.82, 2.24) is 0 Å². The van der Waals surface area contributed by atoms with Crippen molar-refractivity contribution in [2.24, 2.45) is 5.73 Å².